The molecule has 0 aliphatic heterocycles. The Balaban J connectivity index is 1.86. The molecule has 2 rings (SSSR count). The first kappa shape index (κ1) is 13.5. The van der Waals surface area contributed by atoms with Crippen molar-refractivity contribution in [3.05, 3.63) is 53.5 Å². The first-order valence-electron chi connectivity index (χ1n) is 6.04. The molecule has 19 heavy (non-hydrogen) atoms. The molecule has 1 N–H and O–H groups in total. The Hall–Kier alpha value is -1.98. The monoisotopic (exact) mass is 259 g/mol. The van der Waals surface area contributed by atoms with E-state index in [9.17, 15) is 0 Å². The van der Waals surface area contributed by atoms with Crippen molar-refractivity contribution in [3.8, 4) is 5.88 Å². The number of ether oxygens (including phenoxy) is 1. The summed E-state index contributed by atoms with van der Waals surface area (Å²) in [5, 5.41) is 0. The first-order chi connectivity index (χ1) is 9.31. The highest BCUT2D eigenvalue weighted by Gasteiger charge is 2.08. The summed E-state index contributed by atoms with van der Waals surface area (Å²) in [5.41, 5.74) is 5.80. The lowest BCUT2D eigenvalue weighted by Gasteiger charge is -2.10. The summed E-state index contributed by atoms with van der Waals surface area (Å²) in [6.07, 6.45) is 1.49. The molecule has 0 aliphatic carbocycles. The zero-order chi connectivity index (χ0) is 13.5. The second-order valence-corrected chi connectivity index (χ2v) is 4.04. The van der Waals surface area contributed by atoms with Crippen LogP contribution in [-0.2, 0) is 18.0 Å². The van der Waals surface area contributed by atoms with Gasteiger partial charge in [0.05, 0.1) is 25.8 Å². The standard InChI is InChI=1S/C14H17N3O2/c1-11-13(14(18-2)16-10-15-11)8-17-19-9-12-6-4-3-5-7-12/h3-7,10,17H,8-9H2,1-2H3. The Bertz CT molecular complexity index is 517. The summed E-state index contributed by atoms with van der Waals surface area (Å²) in [7, 11) is 1.59. The molecule has 1 aromatic heterocycles. The van der Waals surface area contributed by atoms with Crippen LogP contribution in [0.3, 0.4) is 0 Å². The predicted molar refractivity (Wildman–Crippen MR) is 71.4 cm³/mol. The average Bonchev–Trinajstić information content (AvgIpc) is 2.46. The van der Waals surface area contributed by atoms with Crippen LogP contribution in [0.15, 0.2) is 36.7 Å². The fourth-order valence-corrected chi connectivity index (χ4v) is 1.69. The second-order valence-electron chi connectivity index (χ2n) is 4.04. The topological polar surface area (TPSA) is 56.3 Å². The molecule has 100 valence electrons. The molecule has 2 aromatic rings. The Labute approximate surface area is 112 Å². The van der Waals surface area contributed by atoms with E-state index in [0.717, 1.165) is 16.8 Å². The quantitative estimate of drug-likeness (QED) is 0.635. The van der Waals surface area contributed by atoms with Crippen LogP contribution in [0.4, 0.5) is 0 Å². The molecule has 1 heterocycles. The van der Waals surface area contributed by atoms with Gasteiger partial charge in [-0.2, -0.15) is 5.48 Å². The summed E-state index contributed by atoms with van der Waals surface area (Å²) in [6, 6.07) is 9.97. The number of benzene rings is 1. The highest BCUT2D eigenvalue weighted by atomic mass is 16.6. The zero-order valence-electron chi connectivity index (χ0n) is 11.1. The first-order valence-corrected chi connectivity index (χ1v) is 6.04. The van der Waals surface area contributed by atoms with E-state index in [1.807, 2.05) is 37.3 Å². The van der Waals surface area contributed by atoms with Gasteiger partial charge in [-0.15, -0.1) is 0 Å². The van der Waals surface area contributed by atoms with Gasteiger partial charge in [0.25, 0.3) is 0 Å². The fourth-order valence-electron chi connectivity index (χ4n) is 1.69. The third kappa shape index (κ3) is 3.74. The van der Waals surface area contributed by atoms with Gasteiger partial charge in [-0.25, -0.2) is 9.97 Å². The van der Waals surface area contributed by atoms with E-state index in [0.29, 0.717) is 19.0 Å². The predicted octanol–water partition coefficient (Wildman–Crippen LogP) is 2.02. The number of hydrogen-bond acceptors (Lipinski definition) is 5. The number of rotatable bonds is 6. The molecule has 1 aromatic carbocycles. The third-order valence-electron chi connectivity index (χ3n) is 2.75. The molecule has 0 unspecified atom stereocenters. The van der Waals surface area contributed by atoms with Crippen LogP contribution in [0, 0.1) is 6.92 Å². The summed E-state index contributed by atoms with van der Waals surface area (Å²) >= 11 is 0. The number of hydroxylamine groups is 1. The minimum absolute atomic E-state index is 0.503. The van der Waals surface area contributed by atoms with E-state index in [1.165, 1.54) is 6.33 Å². The van der Waals surface area contributed by atoms with Crippen LogP contribution in [0.25, 0.3) is 0 Å². The molecular formula is C14H17N3O2. The van der Waals surface area contributed by atoms with Gasteiger partial charge in [-0.3, -0.25) is 4.84 Å². The van der Waals surface area contributed by atoms with Crippen molar-refractivity contribution < 1.29 is 9.57 Å². The van der Waals surface area contributed by atoms with Gasteiger partial charge in [0.1, 0.15) is 6.33 Å². The van der Waals surface area contributed by atoms with Crippen molar-refractivity contribution in [3.63, 3.8) is 0 Å². The number of aromatic nitrogens is 2. The molecule has 0 aliphatic rings. The van der Waals surface area contributed by atoms with Crippen molar-refractivity contribution in [1.82, 2.24) is 15.4 Å². The minimum Gasteiger partial charge on any atom is -0.481 e. The van der Waals surface area contributed by atoms with Gasteiger partial charge in [-0.05, 0) is 12.5 Å². The molecule has 0 saturated carbocycles. The lowest BCUT2D eigenvalue weighted by atomic mass is 10.2. The molecule has 0 atom stereocenters. The van der Waals surface area contributed by atoms with Crippen LogP contribution in [0.1, 0.15) is 16.8 Å². The summed E-state index contributed by atoms with van der Waals surface area (Å²) in [5.74, 6) is 0.573. The fraction of sp³-hybridized carbons (Fsp3) is 0.286. The molecule has 0 radical (unpaired) electrons. The van der Waals surface area contributed by atoms with Crippen molar-refractivity contribution >= 4 is 0 Å². The van der Waals surface area contributed by atoms with Gasteiger partial charge in [0.2, 0.25) is 5.88 Å². The Morgan fingerprint density at radius 1 is 1.16 bits per heavy atom. The van der Waals surface area contributed by atoms with Crippen LogP contribution >= 0.6 is 0 Å². The summed E-state index contributed by atoms with van der Waals surface area (Å²) in [4.78, 5) is 13.6. The van der Waals surface area contributed by atoms with E-state index in [1.54, 1.807) is 7.11 Å². The highest BCUT2D eigenvalue weighted by molar-refractivity contribution is 5.28. The van der Waals surface area contributed by atoms with Crippen molar-refractivity contribution in [2.45, 2.75) is 20.1 Å². The number of aryl methyl sites for hydroxylation is 1. The maximum atomic E-state index is 5.42. The zero-order valence-corrected chi connectivity index (χ0v) is 11.1. The highest BCUT2D eigenvalue weighted by Crippen LogP contribution is 2.16. The van der Waals surface area contributed by atoms with Crippen LogP contribution in [0.2, 0.25) is 0 Å². The van der Waals surface area contributed by atoms with Crippen LogP contribution < -0.4 is 10.2 Å². The molecule has 5 heteroatoms. The molecule has 0 saturated heterocycles. The molecule has 0 fully saturated rings. The van der Waals surface area contributed by atoms with Crippen molar-refractivity contribution in [1.29, 1.82) is 0 Å². The van der Waals surface area contributed by atoms with Gasteiger partial charge >= 0.3 is 0 Å². The van der Waals surface area contributed by atoms with E-state index in [4.69, 9.17) is 9.57 Å². The Morgan fingerprint density at radius 2 is 1.95 bits per heavy atom. The minimum atomic E-state index is 0.503. The molecule has 0 bridgehead atoms. The van der Waals surface area contributed by atoms with Gasteiger partial charge in [0.15, 0.2) is 0 Å². The second kappa shape index (κ2) is 6.82. The molecule has 5 nitrogen and oxygen atoms in total. The van der Waals surface area contributed by atoms with Crippen LogP contribution in [0.5, 0.6) is 5.88 Å². The van der Waals surface area contributed by atoms with Gasteiger partial charge in [-0.1, -0.05) is 30.3 Å². The SMILES string of the molecule is COc1ncnc(C)c1CNOCc1ccccc1. The smallest absolute Gasteiger partial charge is 0.221 e. The summed E-state index contributed by atoms with van der Waals surface area (Å²) < 4.78 is 5.19. The van der Waals surface area contributed by atoms with E-state index < -0.39 is 0 Å². The largest absolute Gasteiger partial charge is 0.481 e. The molecular weight excluding hydrogens is 242 g/mol. The van der Waals surface area contributed by atoms with Gasteiger partial charge in [0, 0.05) is 5.69 Å². The van der Waals surface area contributed by atoms with E-state index >= 15 is 0 Å². The lowest BCUT2D eigenvalue weighted by molar-refractivity contribution is 0.0229. The van der Waals surface area contributed by atoms with Crippen molar-refractivity contribution in [2.24, 2.45) is 0 Å². The van der Waals surface area contributed by atoms with Crippen LogP contribution in [-0.4, -0.2) is 17.1 Å². The van der Waals surface area contributed by atoms with Gasteiger partial charge < -0.3 is 4.74 Å². The lowest BCUT2D eigenvalue weighted by Crippen LogP contribution is -2.16. The average molecular weight is 259 g/mol. The summed E-state index contributed by atoms with van der Waals surface area (Å²) in [6.45, 7) is 2.93. The number of methoxy groups -OCH3 is 1. The Kier molecular flexibility index (Phi) is 4.83. The normalized spacial score (nSPS) is 10.4. The number of nitrogens with zero attached hydrogens (tertiary/aromatic N) is 2. The Morgan fingerprint density at radius 3 is 2.68 bits per heavy atom. The van der Waals surface area contributed by atoms with Crippen molar-refractivity contribution in [2.75, 3.05) is 7.11 Å². The maximum absolute atomic E-state index is 5.42. The molecule has 0 amide bonds. The van der Waals surface area contributed by atoms with E-state index in [-0.39, 0.29) is 0 Å². The molecule has 0 spiro atoms. The number of hydrogen-bond donors (Lipinski definition) is 1. The number of nitrogens with one attached hydrogen (secondary N) is 1. The third-order valence-corrected chi connectivity index (χ3v) is 2.75. The van der Waals surface area contributed by atoms with E-state index in [2.05, 4.69) is 15.4 Å². The maximum Gasteiger partial charge on any atom is 0.221 e.